The number of hydrogen-bond donors (Lipinski definition) is 0. The average Bonchev–Trinajstić information content (AvgIpc) is 1.00. The molecular weight excluding hydrogens is 301 g/mol. The van der Waals surface area contributed by atoms with Crippen molar-refractivity contribution in [3.63, 3.8) is 0 Å². The van der Waals surface area contributed by atoms with E-state index in [-0.39, 0.29) is 141 Å². The van der Waals surface area contributed by atoms with Crippen molar-refractivity contribution in [1.82, 2.24) is 0 Å². The van der Waals surface area contributed by atoms with Crippen molar-refractivity contribution < 1.29 is 52.1 Å². The Morgan fingerprint density at radius 3 is 1.14 bits per heavy atom. The van der Waals surface area contributed by atoms with Crippen LogP contribution < -0.4 is 0 Å². The van der Waals surface area contributed by atoms with E-state index in [1.807, 2.05) is 0 Å². The van der Waals surface area contributed by atoms with Crippen LogP contribution in [0.3, 0.4) is 0 Å². The van der Waals surface area contributed by atoms with E-state index in [0.717, 1.165) is 0 Å². The molecule has 0 fully saturated rings. The molecular formula is H6CuKMgMnNaPZn. The van der Waals surface area contributed by atoms with Crippen LogP contribution in [0.4, 0.5) is 0 Å². The maximum Gasteiger partial charge on any atom is 0 e. The SMILES string of the molecule is [Cu].[KH].[MgH2].[NaH].[PH2][Mn].[Zn]. The third-order valence-electron chi connectivity index (χ3n) is 0. The van der Waals surface area contributed by atoms with Crippen LogP contribution in [-0.2, 0) is 52.1 Å². The van der Waals surface area contributed by atoms with Gasteiger partial charge in [0.1, 0.15) is 0 Å². The molecule has 0 aromatic rings. The molecule has 0 aromatic heterocycles. The van der Waals surface area contributed by atoms with Crippen LogP contribution in [0.5, 0.6) is 0 Å². The van der Waals surface area contributed by atoms with E-state index < -0.39 is 0 Å². The van der Waals surface area contributed by atoms with Gasteiger partial charge in [-0.1, -0.05) is 0 Å². The first-order valence-corrected chi connectivity index (χ1v) is 2.70. The third-order valence-corrected chi connectivity index (χ3v) is 0. The van der Waals surface area contributed by atoms with E-state index in [0.29, 0.717) is 0 Å². The summed E-state index contributed by atoms with van der Waals surface area (Å²) in [5.74, 6) is 0. The zero-order chi connectivity index (χ0) is 2.00. The van der Waals surface area contributed by atoms with Crippen molar-refractivity contribution in [2.24, 2.45) is 0 Å². The molecule has 0 bridgehead atoms. The molecule has 0 saturated heterocycles. The van der Waals surface area contributed by atoms with Gasteiger partial charge in [0.2, 0.25) is 0 Å². The van der Waals surface area contributed by atoms with Gasteiger partial charge in [0.05, 0.1) is 0 Å². The van der Waals surface area contributed by atoms with Crippen molar-refractivity contribution in [3.05, 3.63) is 0 Å². The van der Waals surface area contributed by atoms with Gasteiger partial charge in [-0.2, -0.15) is 0 Å². The monoisotopic (exact) mass is 305 g/mol. The standard InChI is InChI=1S/Cu.K.Mg.Mn.Na.H2P.Zn.4H/h;;;;;1H2;;;;;/q;;;+1;;-1;;;;;. The fourth-order valence-electron chi connectivity index (χ4n) is 0. The Bertz CT molecular complexity index is 19.7. The molecule has 1 atom stereocenters. The summed E-state index contributed by atoms with van der Waals surface area (Å²) in [6.07, 6.45) is 0. The van der Waals surface area contributed by atoms with E-state index in [9.17, 15) is 0 Å². The molecule has 0 nitrogen and oxygen atoms in total. The molecule has 0 aromatic carbocycles. The van der Waals surface area contributed by atoms with Crippen LogP contribution in [-0.4, -0.2) is 104 Å². The minimum absolute atomic E-state index is 0. The summed E-state index contributed by atoms with van der Waals surface area (Å²) in [4.78, 5) is 0. The molecule has 0 aliphatic rings. The molecule has 0 N–H and O–H groups in total. The van der Waals surface area contributed by atoms with E-state index >= 15 is 0 Å². The molecule has 1 radical (unpaired) electrons. The molecule has 0 amide bonds. The Morgan fingerprint density at radius 2 is 1.14 bits per heavy atom. The Balaban J connectivity index is -0.000000000500. The first-order chi connectivity index (χ1) is 1.00. The summed E-state index contributed by atoms with van der Waals surface area (Å²) in [6.45, 7) is 0. The largest absolute Gasteiger partial charge is 0 e. The Hall–Kier alpha value is 5.49. The van der Waals surface area contributed by atoms with E-state index in [4.69, 9.17) is 0 Å². The maximum absolute atomic E-state index is 2.85. The van der Waals surface area contributed by atoms with E-state index in [1.54, 1.807) is 0 Å². The summed E-state index contributed by atoms with van der Waals surface area (Å²) >= 11 is 2.85. The second kappa shape index (κ2) is 41.9. The van der Waals surface area contributed by atoms with Crippen LogP contribution in [0.25, 0.3) is 0 Å². The zero-order valence-electron chi connectivity index (χ0n) is 1.96. The van der Waals surface area contributed by atoms with Crippen molar-refractivity contribution in [2.45, 2.75) is 0 Å². The quantitative estimate of drug-likeness (QED) is 0.362. The van der Waals surface area contributed by atoms with Crippen LogP contribution in [0.1, 0.15) is 0 Å². The minimum Gasteiger partial charge on any atom is 0 e. The predicted molar refractivity (Wildman–Crippen MR) is 32.6 cm³/mol. The molecule has 7 heavy (non-hydrogen) atoms. The topological polar surface area (TPSA) is 0 Å². The van der Waals surface area contributed by atoms with Gasteiger partial charge < -0.3 is 0 Å². The van der Waals surface area contributed by atoms with Gasteiger partial charge in [-0.3, -0.25) is 0 Å². The van der Waals surface area contributed by atoms with Crippen LogP contribution >= 0.6 is 7.93 Å². The summed E-state index contributed by atoms with van der Waals surface area (Å²) in [7, 11) is 2.23. The normalized spacial score (nSPS) is 0.857. The number of hydrogen-bond acceptors (Lipinski definition) is 0. The van der Waals surface area contributed by atoms with Gasteiger partial charge in [-0.15, -0.1) is 0 Å². The van der Waals surface area contributed by atoms with Crippen molar-refractivity contribution in [1.29, 1.82) is 0 Å². The molecule has 0 heterocycles. The van der Waals surface area contributed by atoms with Crippen molar-refractivity contribution in [2.75, 3.05) is 0 Å². The Kier molecular flexibility index (Phi) is 234. The second-order valence-electron chi connectivity index (χ2n) is 0. The molecule has 0 aliphatic heterocycles. The smallest absolute Gasteiger partial charge is 0 e. The molecule has 0 rings (SSSR count). The van der Waals surface area contributed by atoms with Gasteiger partial charge in [0.25, 0.3) is 0 Å². The van der Waals surface area contributed by atoms with Gasteiger partial charge >= 0.3 is 127 Å². The van der Waals surface area contributed by atoms with Crippen LogP contribution in [0, 0.1) is 0 Å². The van der Waals surface area contributed by atoms with Gasteiger partial charge in [-0.05, 0) is 0 Å². The molecule has 0 saturated carbocycles. The summed E-state index contributed by atoms with van der Waals surface area (Å²) < 4.78 is 0. The Morgan fingerprint density at radius 1 is 1.14 bits per heavy atom. The van der Waals surface area contributed by atoms with Crippen LogP contribution in [0.15, 0.2) is 0 Å². The van der Waals surface area contributed by atoms with Gasteiger partial charge in [-0.25, -0.2) is 0 Å². The maximum atomic E-state index is 2.85. The number of rotatable bonds is 0. The summed E-state index contributed by atoms with van der Waals surface area (Å²) in [6, 6.07) is 0. The van der Waals surface area contributed by atoms with Gasteiger partial charge in [0.15, 0.2) is 0 Å². The fraction of sp³-hybridized carbons (Fsp3) is 0. The third kappa shape index (κ3) is 34.3. The first-order valence-electron chi connectivity index (χ1n) is 0.218. The van der Waals surface area contributed by atoms with Gasteiger partial charge in [0, 0.05) is 36.5 Å². The van der Waals surface area contributed by atoms with E-state index in [2.05, 4.69) is 23.5 Å². The van der Waals surface area contributed by atoms with Crippen LogP contribution in [0.2, 0.25) is 0 Å². The molecule has 1 unspecified atom stereocenters. The summed E-state index contributed by atoms with van der Waals surface area (Å²) in [5, 5.41) is 0. The molecule has 0 spiro atoms. The first kappa shape index (κ1) is 39.1. The predicted octanol–water partition coefficient (Wildman–Crippen LogP) is -1.89. The Labute approximate surface area is 159 Å². The fourth-order valence-corrected chi connectivity index (χ4v) is 0. The van der Waals surface area contributed by atoms with Crippen molar-refractivity contribution >= 4 is 112 Å². The summed E-state index contributed by atoms with van der Waals surface area (Å²) in [5.41, 5.74) is 0. The molecule has 0 aliphatic carbocycles. The molecule has 7 heteroatoms. The van der Waals surface area contributed by atoms with E-state index in [1.165, 1.54) is 0 Å². The molecule has 35 valence electrons. The minimum atomic E-state index is 0. The van der Waals surface area contributed by atoms with Crippen molar-refractivity contribution in [3.8, 4) is 0 Å². The zero-order valence-corrected chi connectivity index (χ0v) is 8.21. The average molecular weight is 307 g/mol. The second-order valence-corrected chi connectivity index (χ2v) is 0.